The molecule has 0 amide bonds. The summed E-state index contributed by atoms with van der Waals surface area (Å²) in [5.41, 5.74) is 0. The minimum absolute atomic E-state index is 0.414. The van der Waals surface area contributed by atoms with Gasteiger partial charge in [0.1, 0.15) is 4.87 Å². The van der Waals surface area contributed by atoms with Gasteiger partial charge in [-0.05, 0) is 24.4 Å². The van der Waals surface area contributed by atoms with Crippen LogP contribution in [-0.4, -0.2) is 10.1 Å². The van der Waals surface area contributed by atoms with Crippen LogP contribution in [0.25, 0.3) is 0 Å². The van der Waals surface area contributed by atoms with Crippen LogP contribution in [0.2, 0.25) is 0 Å². The lowest BCUT2D eigenvalue weighted by Crippen LogP contribution is -2.27. The number of halogens is 2. The number of unbranched alkanes of at least 4 members (excludes halogenated alkanes) is 2. The van der Waals surface area contributed by atoms with E-state index in [1.807, 2.05) is 6.92 Å². The standard InChI is InChI=1S/C9H16Cl2O/c1-3-5-6-7-9(11,4-2)8(10)12/h3-7H2,1-2H3. The second-order valence-corrected chi connectivity index (χ2v) is 4.12. The molecule has 0 radical (unpaired) electrons. The van der Waals surface area contributed by atoms with Crippen LogP contribution in [0.1, 0.15) is 46.0 Å². The predicted octanol–water partition coefficient (Wildman–Crippen LogP) is 3.72. The highest BCUT2D eigenvalue weighted by molar-refractivity contribution is 6.70. The summed E-state index contributed by atoms with van der Waals surface area (Å²) in [5.74, 6) is 0. The summed E-state index contributed by atoms with van der Waals surface area (Å²) in [6, 6.07) is 0. The molecule has 0 aliphatic heterocycles. The van der Waals surface area contributed by atoms with Crippen LogP contribution < -0.4 is 0 Å². The van der Waals surface area contributed by atoms with Gasteiger partial charge in [-0.3, -0.25) is 4.79 Å². The van der Waals surface area contributed by atoms with Crippen molar-refractivity contribution in [3.05, 3.63) is 0 Å². The molecule has 0 aliphatic carbocycles. The van der Waals surface area contributed by atoms with Crippen molar-refractivity contribution in [3.8, 4) is 0 Å². The summed E-state index contributed by atoms with van der Waals surface area (Å²) in [6.07, 6.45) is 4.53. The summed E-state index contributed by atoms with van der Waals surface area (Å²) in [6.45, 7) is 4.00. The molecule has 0 aliphatic rings. The molecule has 0 saturated carbocycles. The topological polar surface area (TPSA) is 17.1 Å². The Morgan fingerprint density at radius 2 is 1.92 bits per heavy atom. The summed E-state index contributed by atoms with van der Waals surface area (Å²) in [4.78, 5) is 10.1. The maximum absolute atomic E-state index is 10.9. The molecule has 0 fully saturated rings. The van der Waals surface area contributed by atoms with Crippen molar-refractivity contribution in [1.29, 1.82) is 0 Å². The molecule has 3 heteroatoms. The first-order chi connectivity index (χ1) is 5.56. The number of hydrogen-bond donors (Lipinski definition) is 0. The average molecular weight is 211 g/mol. The van der Waals surface area contributed by atoms with Gasteiger partial charge in [-0.1, -0.05) is 33.1 Å². The summed E-state index contributed by atoms with van der Waals surface area (Å²) in [7, 11) is 0. The van der Waals surface area contributed by atoms with Gasteiger partial charge in [0.2, 0.25) is 5.24 Å². The normalized spacial score (nSPS) is 15.7. The first kappa shape index (κ1) is 12.2. The highest BCUT2D eigenvalue weighted by atomic mass is 35.5. The fourth-order valence-corrected chi connectivity index (χ4v) is 1.43. The maximum Gasteiger partial charge on any atom is 0.242 e. The monoisotopic (exact) mass is 210 g/mol. The maximum atomic E-state index is 10.9. The van der Waals surface area contributed by atoms with Crippen LogP contribution in [0.15, 0.2) is 0 Å². The van der Waals surface area contributed by atoms with E-state index in [0.29, 0.717) is 12.8 Å². The Hall–Kier alpha value is 0.250. The van der Waals surface area contributed by atoms with Gasteiger partial charge in [-0.25, -0.2) is 0 Å². The first-order valence-electron chi connectivity index (χ1n) is 4.45. The van der Waals surface area contributed by atoms with Crippen molar-refractivity contribution in [2.75, 3.05) is 0 Å². The number of rotatable bonds is 6. The molecule has 0 rings (SSSR count). The van der Waals surface area contributed by atoms with Crippen molar-refractivity contribution < 1.29 is 4.79 Å². The Bertz CT molecular complexity index is 147. The molecular formula is C9H16Cl2O. The molecular weight excluding hydrogens is 195 g/mol. The number of carbonyl (C=O) groups is 1. The smallest absolute Gasteiger partial charge is 0.242 e. The van der Waals surface area contributed by atoms with Crippen molar-refractivity contribution >= 4 is 28.4 Å². The van der Waals surface area contributed by atoms with Gasteiger partial charge in [0.05, 0.1) is 0 Å². The number of hydrogen-bond acceptors (Lipinski definition) is 1. The molecule has 12 heavy (non-hydrogen) atoms. The molecule has 0 aromatic heterocycles. The van der Waals surface area contributed by atoms with Crippen molar-refractivity contribution in [1.82, 2.24) is 0 Å². The zero-order valence-electron chi connectivity index (χ0n) is 7.70. The van der Waals surface area contributed by atoms with Gasteiger partial charge in [-0.15, -0.1) is 11.6 Å². The van der Waals surface area contributed by atoms with E-state index in [4.69, 9.17) is 23.2 Å². The van der Waals surface area contributed by atoms with Crippen LogP contribution in [-0.2, 0) is 4.79 Å². The molecule has 1 unspecified atom stereocenters. The van der Waals surface area contributed by atoms with Gasteiger partial charge < -0.3 is 0 Å². The minimum atomic E-state index is -0.809. The van der Waals surface area contributed by atoms with Crippen LogP contribution >= 0.6 is 23.2 Å². The third-order valence-electron chi connectivity index (χ3n) is 2.09. The third-order valence-corrected chi connectivity index (χ3v) is 3.18. The molecule has 0 bridgehead atoms. The van der Waals surface area contributed by atoms with E-state index < -0.39 is 10.1 Å². The highest BCUT2D eigenvalue weighted by Crippen LogP contribution is 2.29. The molecule has 1 nitrogen and oxygen atoms in total. The molecule has 0 spiro atoms. The number of alkyl halides is 1. The molecule has 0 N–H and O–H groups in total. The Labute approximate surface area is 84.4 Å². The van der Waals surface area contributed by atoms with E-state index in [2.05, 4.69) is 6.92 Å². The predicted molar refractivity (Wildman–Crippen MR) is 53.9 cm³/mol. The summed E-state index contributed by atoms with van der Waals surface area (Å²) >= 11 is 11.4. The zero-order valence-corrected chi connectivity index (χ0v) is 9.21. The highest BCUT2D eigenvalue weighted by Gasteiger charge is 2.31. The summed E-state index contributed by atoms with van der Waals surface area (Å²) in [5, 5.41) is -0.414. The Morgan fingerprint density at radius 3 is 2.25 bits per heavy atom. The Morgan fingerprint density at radius 1 is 1.33 bits per heavy atom. The first-order valence-corrected chi connectivity index (χ1v) is 5.21. The van der Waals surface area contributed by atoms with Crippen LogP contribution in [0.3, 0.4) is 0 Å². The SMILES string of the molecule is CCCCCC(Cl)(CC)C(=O)Cl. The van der Waals surface area contributed by atoms with E-state index in [1.54, 1.807) is 0 Å². The Balaban J connectivity index is 3.88. The van der Waals surface area contributed by atoms with Gasteiger partial charge in [0.15, 0.2) is 0 Å². The fourth-order valence-electron chi connectivity index (χ4n) is 1.07. The van der Waals surface area contributed by atoms with Crippen LogP contribution in [0.5, 0.6) is 0 Å². The average Bonchev–Trinajstić information content (AvgIpc) is 2.04. The van der Waals surface area contributed by atoms with Gasteiger partial charge >= 0.3 is 0 Å². The van der Waals surface area contributed by atoms with Crippen molar-refractivity contribution in [2.24, 2.45) is 0 Å². The second-order valence-electron chi connectivity index (χ2n) is 3.05. The minimum Gasteiger partial charge on any atom is -0.279 e. The molecule has 1 atom stereocenters. The van der Waals surface area contributed by atoms with E-state index in [9.17, 15) is 4.79 Å². The number of carbonyl (C=O) groups excluding carboxylic acids is 1. The second kappa shape index (κ2) is 5.82. The molecule has 0 saturated heterocycles. The fraction of sp³-hybridized carbons (Fsp3) is 0.889. The van der Waals surface area contributed by atoms with E-state index >= 15 is 0 Å². The van der Waals surface area contributed by atoms with Gasteiger partial charge in [0, 0.05) is 0 Å². The largest absolute Gasteiger partial charge is 0.279 e. The van der Waals surface area contributed by atoms with Gasteiger partial charge in [0.25, 0.3) is 0 Å². The lowest BCUT2D eigenvalue weighted by Gasteiger charge is -2.20. The molecule has 72 valence electrons. The third kappa shape index (κ3) is 3.77. The summed E-state index contributed by atoms with van der Waals surface area (Å²) < 4.78 is 0. The lowest BCUT2D eigenvalue weighted by atomic mass is 9.99. The molecule has 0 heterocycles. The van der Waals surface area contributed by atoms with E-state index in [0.717, 1.165) is 19.3 Å². The Kier molecular flexibility index (Phi) is 5.94. The van der Waals surface area contributed by atoms with Crippen molar-refractivity contribution in [3.63, 3.8) is 0 Å². The zero-order chi connectivity index (χ0) is 9.61. The van der Waals surface area contributed by atoms with Gasteiger partial charge in [-0.2, -0.15) is 0 Å². The molecule has 0 aromatic rings. The lowest BCUT2D eigenvalue weighted by molar-refractivity contribution is -0.114. The van der Waals surface area contributed by atoms with E-state index in [1.165, 1.54) is 0 Å². The quantitative estimate of drug-likeness (QED) is 0.371. The molecule has 0 aromatic carbocycles. The van der Waals surface area contributed by atoms with Crippen LogP contribution in [0, 0.1) is 0 Å². The van der Waals surface area contributed by atoms with Crippen molar-refractivity contribution in [2.45, 2.75) is 50.8 Å². The van der Waals surface area contributed by atoms with Crippen LogP contribution in [0.4, 0.5) is 0 Å². The van der Waals surface area contributed by atoms with E-state index in [-0.39, 0.29) is 0 Å².